The SMILES string of the molecule is O=C(c1cccc2[nH]ccc12)N1CCC(O)(c2ccccc2)[C@@H]2CCCC[C@H]21. The van der Waals surface area contributed by atoms with Crippen molar-refractivity contribution in [3.8, 4) is 0 Å². The van der Waals surface area contributed by atoms with Gasteiger partial charge in [-0.2, -0.15) is 0 Å². The van der Waals surface area contributed by atoms with Crippen LogP contribution in [-0.2, 0) is 5.60 Å². The molecule has 5 rings (SSSR count). The molecule has 28 heavy (non-hydrogen) atoms. The Bertz CT molecular complexity index is 996. The summed E-state index contributed by atoms with van der Waals surface area (Å²) >= 11 is 0. The molecule has 1 saturated heterocycles. The number of rotatable bonds is 2. The Balaban J connectivity index is 1.51. The number of aromatic amines is 1. The number of nitrogens with zero attached hydrogens (tertiary/aromatic N) is 1. The van der Waals surface area contributed by atoms with Crippen LogP contribution in [0.3, 0.4) is 0 Å². The van der Waals surface area contributed by atoms with Gasteiger partial charge in [0.05, 0.1) is 5.60 Å². The molecule has 3 atom stereocenters. The lowest BCUT2D eigenvalue weighted by Crippen LogP contribution is -2.59. The molecule has 2 aliphatic rings. The highest BCUT2D eigenvalue weighted by molar-refractivity contribution is 6.06. The zero-order valence-corrected chi connectivity index (χ0v) is 16.0. The summed E-state index contributed by atoms with van der Waals surface area (Å²) in [5.41, 5.74) is 1.90. The van der Waals surface area contributed by atoms with E-state index in [0.717, 1.165) is 47.7 Å². The predicted octanol–water partition coefficient (Wildman–Crippen LogP) is 4.46. The standard InChI is InChI=1S/C24H26N2O2/c27-23(19-9-6-11-21-18(19)13-15-25-21)26-16-14-24(28,17-7-2-1-3-8-17)20-10-4-5-12-22(20)26/h1-3,6-9,11,13,15,20,22,25,28H,4-5,10,12,14,16H2/t20-,22-,24?/m1/s1. The highest BCUT2D eigenvalue weighted by Gasteiger charge is 2.50. The summed E-state index contributed by atoms with van der Waals surface area (Å²) in [7, 11) is 0. The van der Waals surface area contributed by atoms with Crippen molar-refractivity contribution in [1.82, 2.24) is 9.88 Å². The van der Waals surface area contributed by atoms with Crippen LogP contribution in [-0.4, -0.2) is 33.5 Å². The molecule has 0 bridgehead atoms. The third-order valence-corrected chi connectivity index (χ3v) is 6.84. The van der Waals surface area contributed by atoms with Crippen LogP contribution in [0.5, 0.6) is 0 Å². The molecule has 2 heterocycles. The summed E-state index contributed by atoms with van der Waals surface area (Å²) in [5.74, 6) is 0.184. The van der Waals surface area contributed by atoms with E-state index < -0.39 is 5.60 Å². The second-order valence-electron chi connectivity index (χ2n) is 8.24. The van der Waals surface area contributed by atoms with Crippen molar-refractivity contribution in [2.45, 2.75) is 43.7 Å². The summed E-state index contributed by atoms with van der Waals surface area (Å²) in [4.78, 5) is 18.8. The molecule has 2 N–H and O–H groups in total. The average Bonchev–Trinajstić information content (AvgIpc) is 3.23. The molecule has 1 saturated carbocycles. The second kappa shape index (κ2) is 6.78. The minimum atomic E-state index is -0.844. The van der Waals surface area contributed by atoms with E-state index in [1.54, 1.807) is 0 Å². The molecule has 1 amide bonds. The van der Waals surface area contributed by atoms with Crippen LogP contribution >= 0.6 is 0 Å². The van der Waals surface area contributed by atoms with Crippen molar-refractivity contribution in [3.63, 3.8) is 0 Å². The quantitative estimate of drug-likeness (QED) is 0.696. The number of fused-ring (bicyclic) bond motifs is 2. The Kier molecular flexibility index (Phi) is 4.24. The number of nitrogens with one attached hydrogen (secondary N) is 1. The lowest BCUT2D eigenvalue weighted by molar-refractivity contribution is -0.110. The van der Waals surface area contributed by atoms with E-state index in [2.05, 4.69) is 4.98 Å². The molecule has 3 aromatic rings. The first kappa shape index (κ1) is 17.5. The number of hydrogen-bond acceptors (Lipinski definition) is 2. The Morgan fingerprint density at radius 2 is 1.86 bits per heavy atom. The van der Waals surface area contributed by atoms with Gasteiger partial charge < -0.3 is 15.0 Å². The minimum absolute atomic E-state index is 0.0896. The van der Waals surface area contributed by atoms with Gasteiger partial charge in [-0.05, 0) is 43.0 Å². The Morgan fingerprint density at radius 3 is 2.71 bits per heavy atom. The van der Waals surface area contributed by atoms with Gasteiger partial charge in [-0.15, -0.1) is 0 Å². The molecule has 0 radical (unpaired) electrons. The Morgan fingerprint density at radius 1 is 1.04 bits per heavy atom. The van der Waals surface area contributed by atoms with Gasteiger partial charge in [0.1, 0.15) is 0 Å². The fourth-order valence-corrected chi connectivity index (χ4v) is 5.45. The van der Waals surface area contributed by atoms with Gasteiger partial charge in [-0.3, -0.25) is 4.79 Å². The van der Waals surface area contributed by atoms with Crippen molar-refractivity contribution in [2.75, 3.05) is 6.54 Å². The van der Waals surface area contributed by atoms with Crippen LogP contribution < -0.4 is 0 Å². The van der Waals surface area contributed by atoms with E-state index >= 15 is 0 Å². The molecule has 2 aromatic carbocycles. The molecule has 1 aromatic heterocycles. The highest BCUT2D eigenvalue weighted by Crippen LogP contribution is 2.47. The van der Waals surface area contributed by atoms with Crippen molar-refractivity contribution in [3.05, 3.63) is 71.9 Å². The van der Waals surface area contributed by atoms with Crippen LogP contribution in [0, 0.1) is 5.92 Å². The Labute approximate surface area is 165 Å². The first-order chi connectivity index (χ1) is 13.7. The topological polar surface area (TPSA) is 56.3 Å². The zero-order chi connectivity index (χ0) is 19.1. The van der Waals surface area contributed by atoms with Gasteiger partial charge in [0.2, 0.25) is 0 Å². The average molecular weight is 374 g/mol. The summed E-state index contributed by atoms with van der Waals surface area (Å²) in [6.45, 7) is 0.589. The number of carbonyl (C=O) groups is 1. The number of H-pyrrole nitrogens is 1. The Hall–Kier alpha value is -2.59. The van der Waals surface area contributed by atoms with Gasteiger partial charge in [0.15, 0.2) is 0 Å². The van der Waals surface area contributed by atoms with Crippen LogP contribution in [0.1, 0.15) is 48.0 Å². The molecule has 1 aliphatic heterocycles. The van der Waals surface area contributed by atoms with Gasteiger partial charge in [-0.25, -0.2) is 0 Å². The maximum absolute atomic E-state index is 13.5. The third-order valence-electron chi connectivity index (χ3n) is 6.84. The maximum atomic E-state index is 13.5. The lowest BCUT2D eigenvalue weighted by atomic mass is 9.66. The molecule has 4 heteroatoms. The fraction of sp³-hybridized carbons (Fsp3) is 0.375. The predicted molar refractivity (Wildman–Crippen MR) is 110 cm³/mol. The van der Waals surface area contributed by atoms with E-state index in [1.807, 2.05) is 65.7 Å². The van der Waals surface area contributed by atoms with E-state index in [0.29, 0.717) is 13.0 Å². The number of piperidine rings is 1. The summed E-state index contributed by atoms with van der Waals surface area (Å²) in [6, 6.07) is 18.0. The van der Waals surface area contributed by atoms with Crippen molar-refractivity contribution >= 4 is 16.8 Å². The second-order valence-corrected chi connectivity index (χ2v) is 8.24. The number of carbonyl (C=O) groups excluding carboxylic acids is 1. The van der Waals surface area contributed by atoms with E-state index in [-0.39, 0.29) is 17.9 Å². The van der Waals surface area contributed by atoms with Gasteiger partial charge in [0, 0.05) is 41.2 Å². The van der Waals surface area contributed by atoms with Crippen molar-refractivity contribution in [1.29, 1.82) is 0 Å². The van der Waals surface area contributed by atoms with E-state index in [4.69, 9.17) is 0 Å². The van der Waals surface area contributed by atoms with Crippen molar-refractivity contribution < 1.29 is 9.90 Å². The van der Waals surface area contributed by atoms with Gasteiger partial charge >= 0.3 is 0 Å². The molecule has 4 nitrogen and oxygen atoms in total. The van der Waals surface area contributed by atoms with Crippen LogP contribution in [0.25, 0.3) is 10.9 Å². The highest BCUT2D eigenvalue weighted by atomic mass is 16.3. The van der Waals surface area contributed by atoms with Gasteiger partial charge in [-0.1, -0.05) is 49.2 Å². The first-order valence-electron chi connectivity index (χ1n) is 10.3. The van der Waals surface area contributed by atoms with E-state index in [1.165, 1.54) is 0 Å². The largest absolute Gasteiger partial charge is 0.385 e. The van der Waals surface area contributed by atoms with Crippen LogP contribution in [0.4, 0.5) is 0 Å². The number of aliphatic hydroxyl groups is 1. The molecular weight excluding hydrogens is 348 g/mol. The monoisotopic (exact) mass is 374 g/mol. The summed E-state index contributed by atoms with van der Waals surface area (Å²) in [5, 5.41) is 12.7. The minimum Gasteiger partial charge on any atom is -0.385 e. The summed E-state index contributed by atoms with van der Waals surface area (Å²) in [6.07, 6.45) is 6.64. The van der Waals surface area contributed by atoms with Crippen molar-refractivity contribution in [2.24, 2.45) is 5.92 Å². The molecule has 2 fully saturated rings. The number of amides is 1. The number of hydrogen-bond donors (Lipinski definition) is 2. The third kappa shape index (κ3) is 2.67. The molecule has 144 valence electrons. The lowest BCUT2D eigenvalue weighted by Gasteiger charge is -2.52. The number of likely N-dealkylation sites (tertiary alicyclic amines) is 1. The molecule has 0 spiro atoms. The molecule has 1 unspecified atom stereocenters. The van der Waals surface area contributed by atoms with Crippen LogP contribution in [0.15, 0.2) is 60.8 Å². The summed E-state index contributed by atoms with van der Waals surface area (Å²) < 4.78 is 0. The number of aromatic nitrogens is 1. The van der Waals surface area contributed by atoms with E-state index in [9.17, 15) is 9.90 Å². The molecular formula is C24H26N2O2. The smallest absolute Gasteiger partial charge is 0.254 e. The zero-order valence-electron chi connectivity index (χ0n) is 16.0. The first-order valence-corrected chi connectivity index (χ1v) is 10.3. The normalized spacial score (nSPS) is 27.5. The van der Waals surface area contributed by atoms with Gasteiger partial charge in [0.25, 0.3) is 5.91 Å². The number of benzene rings is 2. The van der Waals surface area contributed by atoms with Crippen LogP contribution in [0.2, 0.25) is 0 Å². The molecule has 1 aliphatic carbocycles. The maximum Gasteiger partial charge on any atom is 0.254 e. The fourth-order valence-electron chi connectivity index (χ4n) is 5.45.